The van der Waals surface area contributed by atoms with Crippen LogP contribution in [0.15, 0.2) is 0 Å². The second-order valence-electron chi connectivity index (χ2n) is 20.5. The standard InChI is InChI=1S/C9H14O4S.C8H12O4S.C7H10O4S.C6H8O5S.C6H8O4S2/c1-9(2)4-3-5-6(9)8(7(4)10)13-14(5,11)12;9-7-4-1-2-5-6(3-4)13(10,11)12-8(5)7;8-6-3-1-4-5(2-3)12(9,10)11-7(4)6;7-4-2-1-3-5(10-2)6(4)11-12(3,8)9;7-4-2-1-3-6(11-2)5(4)10-12(3,8)9/h4-8,10H,3H2,1-2H3;4-9H,1-3H2;3-8H,1-2H2;2*2-7H,1H2. The summed E-state index contributed by atoms with van der Waals surface area (Å²) in [7, 11) is -16.9. The lowest BCUT2D eigenvalue weighted by Crippen LogP contribution is -2.49. The van der Waals surface area contributed by atoms with Gasteiger partial charge in [-0.1, -0.05) is 13.8 Å². The van der Waals surface area contributed by atoms with Gasteiger partial charge < -0.3 is 30.3 Å². The van der Waals surface area contributed by atoms with Crippen LogP contribution in [0.3, 0.4) is 0 Å². The molecule has 25 unspecified atom stereocenters. The Morgan fingerprint density at radius 3 is 1.56 bits per heavy atom. The van der Waals surface area contributed by atoms with E-state index in [0.717, 1.165) is 19.3 Å². The van der Waals surface area contributed by atoms with Crippen molar-refractivity contribution >= 4 is 62.4 Å². The highest BCUT2D eigenvalue weighted by atomic mass is 32.2. The smallest absolute Gasteiger partial charge is 0.273 e. The quantitative estimate of drug-likeness (QED) is 0.156. The molecule has 25 atom stereocenters. The number of rotatable bonds is 0. The first kappa shape index (κ1) is 45.1. The first-order chi connectivity index (χ1) is 29.2. The van der Waals surface area contributed by atoms with E-state index in [9.17, 15) is 67.6 Å². The van der Waals surface area contributed by atoms with E-state index < -0.39 is 123 Å². The Kier molecular flexibility index (Phi) is 10.3. The Balaban J connectivity index is 0.0000000882. The Labute approximate surface area is 369 Å². The molecule has 27 heteroatoms. The van der Waals surface area contributed by atoms with Crippen LogP contribution in [-0.4, -0.2) is 178 Å². The molecule has 16 aliphatic rings. The maximum Gasteiger partial charge on any atom is 0.273 e. The van der Waals surface area contributed by atoms with Gasteiger partial charge in [0.05, 0.1) is 51.5 Å². The number of aliphatic hydroxyl groups is 5. The lowest BCUT2D eigenvalue weighted by atomic mass is 9.67. The minimum Gasteiger partial charge on any atom is -0.390 e. The van der Waals surface area contributed by atoms with Crippen molar-refractivity contribution in [3.8, 4) is 0 Å². The molecule has 63 heavy (non-hydrogen) atoms. The number of thioether (sulfide) groups is 1. The molecule has 0 radical (unpaired) electrons. The van der Waals surface area contributed by atoms with E-state index in [1.54, 1.807) is 11.8 Å². The molecule has 0 aromatic heterocycles. The fourth-order valence-corrected chi connectivity index (χ4v) is 25.7. The first-order valence-electron chi connectivity index (χ1n) is 21.6. The molecule has 9 heterocycles. The van der Waals surface area contributed by atoms with Gasteiger partial charge in [-0.25, -0.2) is 0 Å². The molecule has 5 N–H and O–H groups in total. The molecule has 21 nitrogen and oxygen atoms in total. The summed E-state index contributed by atoms with van der Waals surface area (Å²) in [6, 6.07) is 0. The Morgan fingerprint density at radius 1 is 0.460 bits per heavy atom. The lowest BCUT2D eigenvalue weighted by molar-refractivity contribution is -0.0687. The molecule has 9 aliphatic heterocycles. The van der Waals surface area contributed by atoms with Crippen molar-refractivity contribution in [3.05, 3.63) is 0 Å². The van der Waals surface area contributed by atoms with Crippen molar-refractivity contribution in [2.24, 2.45) is 40.9 Å². The molecule has 0 aromatic carbocycles. The molecule has 358 valence electrons. The summed E-state index contributed by atoms with van der Waals surface area (Å²) in [5, 5.41) is 46.3. The summed E-state index contributed by atoms with van der Waals surface area (Å²) in [4.78, 5) is 0. The number of hydrogen-bond acceptors (Lipinski definition) is 22. The molecule has 0 aromatic rings. The topological polar surface area (TPSA) is 327 Å². The van der Waals surface area contributed by atoms with Crippen molar-refractivity contribution < 1.29 is 93.3 Å². The summed E-state index contributed by atoms with van der Waals surface area (Å²) in [6.07, 6.45) is -0.785. The van der Waals surface area contributed by atoms with Crippen LogP contribution < -0.4 is 0 Å². The zero-order valence-electron chi connectivity index (χ0n) is 33.8. The monoisotopic (exact) mass is 1010 g/mol. The van der Waals surface area contributed by atoms with Crippen molar-refractivity contribution in [2.45, 2.75) is 175 Å². The van der Waals surface area contributed by atoms with Gasteiger partial charge in [0.15, 0.2) is 0 Å². The highest BCUT2D eigenvalue weighted by molar-refractivity contribution is 8.03. The summed E-state index contributed by atoms with van der Waals surface area (Å²) in [5.74, 6) is 0.534. The maximum absolute atomic E-state index is 11.6. The third kappa shape index (κ3) is 6.51. The molecular weight excluding hydrogens is 961 g/mol. The molecule has 12 bridgehead atoms. The minimum absolute atomic E-state index is 0.00463. The van der Waals surface area contributed by atoms with Crippen LogP contribution in [0.25, 0.3) is 0 Å². The molecule has 0 spiro atoms. The Bertz CT molecular complexity index is 2330. The van der Waals surface area contributed by atoms with Crippen LogP contribution in [0.2, 0.25) is 0 Å². The van der Waals surface area contributed by atoms with E-state index in [4.69, 9.17) is 25.7 Å². The van der Waals surface area contributed by atoms with Gasteiger partial charge in [-0.2, -0.15) is 42.1 Å². The molecule has 16 fully saturated rings. The summed E-state index contributed by atoms with van der Waals surface area (Å²) in [6.45, 7) is 4.07. The van der Waals surface area contributed by atoms with Gasteiger partial charge in [0.2, 0.25) is 0 Å². The van der Waals surface area contributed by atoms with Crippen LogP contribution in [-0.2, 0) is 76.2 Å². The van der Waals surface area contributed by atoms with Gasteiger partial charge in [0, 0.05) is 23.0 Å². The van der Waals surface area contributed by atoms with E-state index in [0.29, 0.717) is 32.1 Å². The van der Waals surface area contributed by atoms with E-state index >= 15 is 0 Å². The van der Waals surface area contributed by atoms with Crippen molar-refractivity contribution in [1.82, 2.24) is 0 Å². The fraction of sp³-hybridized carbons (Fsp3) is 1.00. The van der Waals surface area contributed by atoms with Crippen LogP contribution in [0.1, 0.15) is 65.2 Å². The van der Waals surface area contributed by atoms with Gasteiger partial charge in [0.1, 0.15) is 53.2 Å². The summed E-state index contributed by atoms with van der Waals surface area (Å²) < 4.78 is 143. The van der Waals surface area contributed by atoms with Crippen molar-refractivity contribution in [3.63, 3.8) is 0 Å². The van der Waals surface area contributed by atoms with Crippen LogP contribution in [0, 0.1) is 40.9 Å². The molecule has 9 saturated heterocycles. The van der Waals surface area contributed by atoms with Gasteiger partial charge in [0.25, 0.3) is 50.6 Å². The number of hydrogen-bond donors (Lipinski definition) is 5. The van der Waals surface area contributed by atoms with Gasteiger partial charge >= 0.3 is 0 Å². The van der Waals surface area contributed by atoms with Crippen LogP contribution in [0.4, 0.5) is 0 Å². The average molecular weight is 1010 g/mol. The Morgan fingerprint density at radius 2 is 1.00 bits per heavy atom. The van der Waals surface area contributed by atoms with Crippen molar-refractivity contribution in [2.75, 3.05) is 0 Å². The Hall–Kier alpha value is -0.340. The van der Waals surface area contributed by atoms with Crippen molar-refractivity contribution in [1.29, 1.82) is 0 Å². The average Bonchev–Trinajstić information content (AvgIpc) is 4.08. The van der Waals surface area contributed by atoms with Gasteiger partial charge in [-0.15, -0.1) is 11.8 Å². The number of ether oxygens (including phenoxy) is 1. The van der Waals surface area contributed by atoms with E-state index in [1.165, 1.54) is 0 Å². The SMILES string of the molecule is CC1(C)C2CC3C1C(OS3(=O)=O)C2O.O=S1(=O)OC2C(O)C3CC1C2O3.O=S1(=O)OC2C(O)C3CC1C2S3.O=S1(=O)OC2C(O)C3CC2C1C3.O=S1(=O)OC2C(O)C3CCC2C1C3. The van der Waals surface area contributed by atoms with E-state index in [-0.39, 0.29) is 78.5 Å². The van der Waals surface area contributed by atoms with Gasteiger partial charge in [-0.3, -0.25) is 20.9 Å². The molecule has 16 rings (SSSR count). The van der Waals surface area contributed by atoms with E-state index in [1.807, 2.05) is 13.8 Å². The van der Waals surface area contributed by atoms with Gasteiger partial charge in [-0.05, 0) is 74.5 Å². The van der Waals surface area contributed by atoms with Crippen LogP contribution >= 0.6 is 11.8 Å². The van der Waals surface area contributed by atoms with Crippen LogP contribution in [0.5, 0.6) is 0 Å². The highest BCUT2D eigenvalue weighted by Gasteiger charge is 2.72. The third-order valence-corrected chi connectivity index (χ3v) is 27.8. The number of fused-ring (bicyclic) bond motifs is 5. The summed E-state index contributed by atoms with van der Waals surface area (Å²) in [5.41, 5.74) is -0.0989. The summed E-state index contributed by atoms with van der Waals surface area (Å²) >= 11 is 1.57. The third-order valence-electron chi connectivity index (χ3n) is 17.2. The zero-order chi connectivity index (χ0) is 45.0. The highest BCUT2D eigenvalue weighted by Crippen LogP contribution is 2.64. The normalized spacial score (nSPS) is 58.4. The molecule has 7 aliphatic carbocycles. The fourth-order valence-electron chi connectivity index (χ4n) is 14.2. The largest absolute Gasteiger partial charge is 0.390 e. The minimum atomic E-state index is -3.45. The molecule has 0 amide bonds. The zero-order valence-corrected chi connectivity index (χ0v) is 38.7. The second kappa shape index (κ2) is 14.4. The predicted octanol–water partition coefficient (Wildman–Crippen LogP) is -2.57. The van der Waals surface area contributed by atoms with E-state index in [2.05, 4.69) is 0 Å². The molecule has 7 saturated carbocycles. The number of aliphatic hydroxyl groups excluding tert-OH is 5. The molecular formula is C36H52O21S6. The lowest BCUT2D eigenvalue weighted by Gasteiger charge is -2.41. The predicted molar refractivity (Wildman–Crippen MR) is 213 cm³/mol. The maximum atomic E-state index is 11.6. The first-order valence-corrected chi connectivity index (χ1v) is 29.9. The second-order valence-corrected chi connectivity index (χ2v) is 30.8.